The summed E-state index contributed by atoms with van der Waals surface area (Å²) in [5.41, 5.74) is 0. The third kappa shape index (κ3) is 2.82. The number of aliphatic hydroxyl groups is 1. The lowest BCUT2D eigenvalue weighted by molar-refractivity contribution is 0.00347. The summed E-state index contributed by atoms with van der Waals surface area (Å²) in [6, 6.07) is 0. The van der Waals surface area contributed by atoms with Crippen LogP contribution in [0.15, 0.2) is 0 Å². The maximum Gasteiger partial charge on any atom is 0.469 e. The van der Waals surface area contributed by atoms with E-state index in [2.05, 4.69) is 4.52 Å². The first-order chi connectivity index (χ1) is 5.53. The molecule has 0 aromatic heterocycles. The molecule has 1 saturated heterocycles. The van der Waals surface area contributed by atoms with Gasteiger partial charge in [-0.2, -0.15) is 0 Å². The SMILES string of the molecule is O=P(O)(O)O[C@H]1CCO[C@@H]1CO. The standard InChI is InChI=1S/C5H11O6P/c6-3-5-4(1-2-10-5)11-12(7,8)9/h4-6H,1-3H2,(H2,7,8,9)/t4-,5+/m0/s1. The molecule has 0 radical (unpaired) electrons. The monoisotopic (exact) mass is 198 g/mol. The smallest absolute Gasteiger partial charge is 0.394 e. The fraction of sp³-hybridized carbons (Fsp3) is 1.00. The number of hydrogen-bond donors (Lipinski definition) is 3. The first kappa shape index (κ1) is 10.1. The minimum Gasteiger partial charge on any atom is -0.394 e. The quantitative estimate of drug-likeness (QED) is 0.516. The average molecular weight is 198 g/mol. The van der Waals surface area contributed by atoms with E-state index >= 15 is 0 Å². The maximum absolute atomic E-state index is 10.4. The molecule has 0 bridgehead atoms. The van der Waals surface area contributed by atoms with Crippen molar-refractivity contribution in [3.63, 3.8) is 0 Å². The maximum atomic E-state index is 10.4. The lowest BCUT2D eigenvalue weighted by Crippen LogP contribution is -2.26. The van der Waals surface area contributed by atoms with E-state index < -0.39 is 20.0 Å². The molecule has 1 aliphatic rings. The van der Waals surface area contributed by atoms with E-state index in [1.54, 1.807) is 0 Å². The third-order valence-electron chi connectivity index (χ3n) is 1.60. The van der Waals surface area contributed by atoms with Crippen LogP contribution in [-0.2, 0) is 13.8 Å². The lowest BCUT2D eigenvalue weighted by Gasteiger charge is -2.16. The van der Waals surface area contributed by atoms with Gasteiger partial charge in [-0.05, 0) is 0 Å². The first-order valence-electron chi connectivity index (χ1n) is 3.49. The van der Waals surface area contributed by atoms with E-state index in [1.165, 1.54) is 0 Å². The molecule has 1 aliphatic heterocycles. The van der Waals surface area contributed by atoms with Crippen molar-refractivity contribution in [2.75, 3.05) is 13.2 Å². The Balaban J connectivity index is 2.46. The van der Waals surface area contributed by atoms with E-state index in [0.717, 1.165) is 0 Å². The Morgan fingerprint density at radius 2 is 2.25 bits per heavy atom. The van der Waals surface area contributed by atoms with E-state index in [0.29, 0.717) is 13.0 Å². The molecule has 72 valence electrons. The highest BCUT2D eigenvalue weighted by atomic mass is 31.2. The predicted octanol–water partition coefficient (Wildman–Crippen LogP) is -0.755. The molecule has 2 atom stereocenters. The van der Waals surface area contributed by atoms with Crippen molar-refractivity contribution in [1.82, 2.24) is 0 Å². The molecule has 6 nitrogen and oxygen atoms in total. The summed E-state index contributed by atoms with van der Waals surface area (Å²) in [5.74, 6) is 0. The van der Waals surface area contributed by atoms with Crippen LogP contribution >= 0.6 is 7.82 Å². The van der Waals surface area contributed by atoms with Crippen LogP contribution in [0.1, 0.15) is 6.42 Å². The van der Waals surface area contributed by atoms with Crippen molar-refractivity contribution in [3.8, 4) is 0 Å². The van der Waals surface area contributed by atoms with E-state index in [-0.39, 0.29) is 6.61 Å². The Hall–Kier alpha value is 0.0300. The van der Waals surface area contributed by atoms with Crippen LogP contribution in [0.5, 0.6) is 0 Å². The van der Waals surface area contributed by atoms with Gasteiger partial charge in [-0.25, -0.2) is 4.57 Å². The minimum atomic E-state index is -4.46. The Morgan fingerprint density at radius 3 is 2.75 bits per heavy atom. The normalized spacial score (nSPS) is 30.9. The minimum absolute atomic E-state index is 0.287. The number of hydrogen-bond acceptors (Lipinski definition) is 4. The van der Waals surface area contributed by atoms with Crippen molar-refractivity contribution in [2.45, 2.75) is 18.6 Å². The highest BCUT2D eigenvalue weighted by molar-refractivity contribution is 7.46. The number of aliphatic hydroxyl groups excluding tert-OH is 1. The van der Waals surface area contributed by atoms with Crippen molar-refractivity contribution in [2.24, 2.45) is 0 Å². The zero-order valence-corrected chi connectivity index (χ0v) is 7.18. The molecule has 1 heterocycles. The first-order valence-corrected chi connectivity index (χ1v) is 5.02. The Kier molecular flexibility index (Phi) is 3.22. The molecule has 0 aromatic carbocycles. The molecule has 0 saturated carbocycles. The highest BCUT2D eigenvalue weighted by Gasteiger charge is 2.33. The van der Waals surface area contributed by atoms with E-state index in [1.807, 2.05) is 0 Å². The summed E-state index contributed by atoms with van der Waals surface area (Å²) in [6.45, 7) is 0.0700. The molecular formula is C5H11O6P. The zero-order chi connectivity index (χ0) is 9.19. The topological polar surface area (TPSA) is 96.2 Å². The van der Waals surface area contributed by atoms with Gasteiger partial charge in [0.25, 0.3) is 0 Å². The molecule has 0 amide bonds. The molecule has 7 heteroatoms. The van der Waals surface area contributed by atoms with Gasteiger partial charge < -0.3 is 19.6 Å². The largest absolute Gasteiger partial charge is 0.469 e. The van der Waals surface area contributed by atoms with Gasteiger partial charge in [0.05, 0.1) is 6.61 Å². The van der Waals surface area contributed by atoms with Gasteiger partial charge >= 0.3 is 7.82 Å². The van der Waals surface area contributed by atoms with Gasteiger partial charge in [-0.3, -0.25) is 4.52 Å². The number of rotatable bonds is 3. The highest BCUT2D eigenvalue weighted by Crippen LogP contribution is 2.40. The summed E-state index contributed by atoms with van der Waals surface area (Å²) in [6.07, 6.45) is -0.912. The summed E-state index contributed by atoms with van der Waals surface area (Å²) in [4.78, 5) is 16.9. The summed E-state index contributed by atoms with van der Waals surface area (Å²) >= 11 is 0. The summed E-state index contributed by atoms with van der Waals surface area (Å²) < 4.78 is 19.7. The van der Waals surface area contributed by atoms with Crippen LogP contribution in [0.25, 0.3) is 0 Å². The van der Waals surface area contributed by atoms with Gasteiger partial charge in [0.1, 0.15) is 12.2 Å². The number of phosphoric ester groups is 1. The molecule has 0 aromatic rings. The van der Waals surface area contributed by atoms with Crippen molar-refractivity contribution < 1.29 is 28.7 Å². The van der Waals surface area contributed by atoms with Gasteiger partial charge in [0.15, 0.2) is 0 Å². The summed E-state index contributed by atoms with van der Waals surface area (Å²) in [7, 11) is -4.46. The van der Waals surface area contributed by atoms with E-state index in [9.17, 15) is 4.57 Å². The van der Waals surface area contributed by atoms with Crippen molar-refractivity contribution >= 4 is 7.82 Å². The van der Waals surface area contributed by atoms with Crippen LogP contribution in [-0.4, -0.2) is 40.3 Å². The fourth-order valence-electron chi connectivity index (χ4n) is 1.10. The van der Waals surface area contributed by atoms with Crippen LogP contribution in [0.2, 0.25) is 0 Å². The lowest BCUT2D eigenvalue weighted by atomic mass is 10.2. The second-order valence-electron chi connectivity index (χ2n) is 2.51. The zero-order valence-electron chi connectivity index (χ0n) is 6.29. The van der Waals surface area contributed by atoms with Gasteiger partial charge in [-0.1, -0.05) is 0 Å². The van der Waals surface area contributed by atoms with Crippen molar-refractivity contribution in [3.05, 3.63) is 0 Å². The average Bonchev–Trinajstić information content (AvgIpc) is 2.31. The number of ether oxygens (including phenoxy) is 1. The Bertz CT molecular complexity index is 188. The van der Waals surface area contributed by atoms with Gasteiger partial charge in [0, 0.05) is 13.0 Å². The summed E-state index contributed by atoms with van der Waals surface area (Å²) in [5, 5.41) is 8.68. The van der Waals surface area contributed by atoms with Crippen LogP contribution < -0.4 is 0 Å². The Morgan fingerprint density at radius 1 is 1.58 bits per heavy atom. The van der Waals surface area contributed by atoms with Gasteiger partial charge in [0.2, 0.25) is 0 Å². The second kappa shape index (κ2) is 3.83. The second-order valence-corrected chi connectivity index (χ2v) is 3.71. The molecule has 0 unspecified atom stereocenters. The van der Waals surface area contributed by atoms with Crippen LogP contribution in [0.3, 0.4) is 0 Å². The van der Waals surface area contributed by atoms with Crippen LogP contribution in [0.4, 0.5) is 0 Å². The molecular weight excluding hydrogens is 187 g/mol. The molecule has 3 N–H and O–H groups in total. The molecule has 0 aliphatic carbocycles. The molecule has 1 rings (SSSR count). The fourth-order valence-corrected chi connectivity index (χ4v) is 1.69. The molecule has 12 heavy (non-hydrogen) atoms. The Labute approximate surface area is 69.4 Å². The predicted molar refractivity (Wildman–Crippen MR) is 38.4 cm³/mol. The van der Waals surface area contributed by atoms with Crippen LogP contribution in [0, 0.1) is 0 Å². The number of phosphoric acid groups is 1. The molecule has 1 fully saturated rings. The van der Waals surface area contributed by atoms with Gasteiger partial charge in [-0.15, -0.1) is 0 Å². The van der Waals surface area contributed by atoms with E-state index in [4.69, 9.17) is 19.6 Å². The third-order valence-corrected chi connectivity index (χ3v) is 2.15. The van der Waals surface area contributed by atoms with Crippen molar-refractivity contribution in [1.29, 1.82) is 0 Å². The molecule has 0 spiro atoms.